The molecule has 0 saturated carbocycles. The van der Waals surface area contributed by atoms with Gasteiger partial charge in [-0.3, -0.25) is 0 Å². The molecule has 104 valence electrons. The third kappa shape index (κ3) is 2.67. The second-order valence-corrected chi connectivity index (χ2v) is 7.63. The second kappa shape index (κ2) is 5.43. The van der Waals surface area contributed by atoms with Gasteiger partial charge in [-0.05, 0) is 37.3 Å². The van der Waals surface area contributed by atoms with Crippen molar-refractivity contribution in [2.75, 3.05) is 0 Å². The summed E-state index contributed by atoms with van der Waals surface area (Å²) in [5, 5.41) is -0.0561. The molecule has 1 atom stereocenters. The van der Waals surface area contributed by atoms with Crippen molar-refractivity contribution in [2.24, 2.45) is 0 Å². The van der Waals surface area contributed by atoms with Gasteiger partial charge in [-0.15, -0.1) is 6.58 Å². The van der Waals surface area contributed by atoms with E-state index in [1.54, 1.807) is 13.0 Å². The van der Waals surface area contributed by atoms with Gasteiger partial charge in [0.2, 0.25) is 0 Å². The highest BCUT2D eigenvalue weighted by atomic mass is 35.5. The van der Waals surface area contributed by atoms with E-state index in [1.807, 2.05) is 0 Å². The molecule has 2 heterocycles. The Balaban J connectivity index is 2.48. The predicted octanol–water partition coefficient (Wildman–Crippen LogP) is 4.02. The molecule has 3 nitrogen and oxygen atoms in total. The Labute approximate surface area is 123 Å². The largest absolute Gasteiger partial charge is 0.228 e. The van der Waals surface area contributed by atoms with Crippen LogP contribution in [0.5, 0.6) is 0 Å². The van der Waals surface area contributed by atoms with E-state index in [2.05, 4.69) is 11.6 Å². The standard InChI is InChI=1S/C13H15Cl2NO2S/c1-3-4-5-6-10-11-9(7-19(10,17)18)8(2)12(14)16-13(11)15/h3,10H,1,4-7H2,2H3/t10-/m1/s1. The van der Waals surface area contributed by atoms with E-state index in [1.165, 1.54) is 0 Å². The third-order valence-electron chi connectivity index (χ3n) is 3.48. The Morgan fingerprint density at radius 1 is 1.42 bits per heavy atom. The Morgan fingerprint density at radius 3 is 2.74 bits per heavy atom. The second-order valence-electron chi connectivity index (χ2n) is 4.73. The first kappa shape index (κ1) is 14.8. The Hall–Kier alpha value is -0.580. The van der Waals surface area contributed by atoms with Crippen LogP contribution in [0.25, 0.3) is 0 Å². The normalized spacial score (nSPS) is 20.3. The minimum absolute atomic E-state index is 0.00881. The molecule has 0 unspecified atom stereocenters. The zero-order chi connectivity index (χ0) is 14.2. The summed E-state index contributed by atoms with van der Waals surface area (Å²) in [5.41, 5.74) is 2.09. The molecule has 2 rings (SSSR count). The van der Waals surface area contributed by atoms with Crippen LogP contribution >= 0.6 is 23.2 Å². The van der Waals surface area contributed by atoms with Crippen LogP contribution in [0.2, 0.25) is 10.3 Å². The number of halogens is 2. The Bertz CT molecular complexity index is 626. The van der Waals surface area contributed by atoms with E-state index < -0.39 is 15.1 Å². The molecule has 0 aromatic carbocycles. The van der Waals surface area contributed by atoms with Crippen LogP contribution in [-0.4, -0.2) is 13.4 Å². The van der Waals surface area contributed by atoms with Crippen LogP contribution in [0.1, 0.15) is 41.2 Å². The average Bonchev–Trinajstić information content (AvgIpc) is 2.59. The van der Waals surface area contributed by atoms with Crippen LogP contribution < -0.4 is 0 Å². The van der Waals surface area contributed by atoms with Crippen molar-refractivity contribution < 1.29 is 8.42 Å². The summed E-state index contributed by atoms with van der Waals surface area (Å²) >= 11 is 12.1. The summed E-state index contributed by atoms with van der Waals surface area (Å²) in [7, 11) is -3.21. The number of pyridine rings is 1. The van der Waals surface area contributed by atoms with E-state index in [0.717, 1.165) is 24.0 Å². The van der Waals surface area contributed by atoms with E-state index in [9.17, 15) is 8.42 Å². The van der Waals surface area contributed by atoms with Crippen molar-refractivity contribution in [2.45, 2.75) is 37.2 Å². The van der Waals surface area contributed by atoms with Gasteiger partial charge in [0.25, 0.3) is 0 Å². The highest BCUT2D eigenvalue weighted by molar-refractivity contribution is 7.91. The lowest BCUT2D eigenvalue weighted by atomic mass is 10.0. The minimum Gasteiger partial charge on any atom is -0.228 e. The summed E-state index contributed by atoms with van der Waals surface area (Å²) in [4.78, 5) is 4.04. The van der Waals surface area contributed by atoms with Gasteiger partial charge in [0, 0.05) is 5.56 Å². The lowest BCUT2D eigenvalue weighted by Gasteiger charge is -2.12. The number of aromatic nitrogens is 1. The molecule has 1 aliphatic heterocycles. The van der Waals surface area contributed by atoms with Gasteiger partial charge >= 0.3 is 0 Å². The summed E-state index contributed by atoms with van der Waals surface area (Å²) in [6.07, 6.45) is 3.89. The smallest absolute Gasteiger partial charge is 0.161 e. The highest BCUT2D eigenvalue weighted by Gasteiger charge is 2.39. The van der Waals surface area contributed by atoms with E-state index in [0.29, 0.717) is 12.0 Å². The van der Waals surface area contributed by atoms with Gasteiger partial charge in [0.1, 0.15) is 10.3 Å². The molecular formula is C13H15Cl2NO2S. The van der Waals surface area contributed by atoms with Crippen LogP contribution in [0, 0.1) is 6.92 Å². The first-order valence-electron chi connectivity index (χ1n) is 6.05. The first-order chi connectivity index (χ1) is 8.88. The van der Waals surface area contributed by atoms with Crippen molar-refractivity contribution in [1.29, 1.82) is 0 Å². The molecule has 0 N–H and O–H groups in total. The number of unbranched alkanes of at least 4 members (excludes halogenated alkanes) is 1. The monoisotopic (exact) mass is 319 g/mol. The van der Waals surface area contributed by atoms with Crippen molar-refractivity contribution in [3.63, 3.8) is 0 Å². The maximum Gasteiger partial charge on any atom is 0.161 e. The summed E-state index contributed by atoms with van der Waals surface area (Å²) < 4.78 is 24.5. The first-order valence-corrected chi connectivity index (χ1v) is 8.52. The molecular weight excluding hydrogens is 305 g/mol. The van der Waals surface area contributed by atoms with Crippen molar-refractivity contribution in [3.8, 4) is 0 Å². The number of sulfone groups is 1. The van der Waals surface area contributed by atoms with Crippen LogP contribution in [-0.2, 0) is 15.6 Å². The maximum absolute atomic E-state index is 12.3. The lowest BCUT2D eigenvalue weighted by molar-refractivity contribution is 0.577. The number of rotatable bonds is 4. The molecule has 0 radical (unpaired) electrons. The fraction of sp³-hybridized carbons (Fsp3) is 0.462. The van der Waals surface area contributed by atoms with Gasteiger partial charge in [-0.2, -0.15) is 0 Å². The summed E-state index contributed by atoms with van der Waals surface area (Å²) in [6.45, 7) is 5.43. The quantitative estimate of drug-likeness (QED) is 0.478. The van der Waals surface area contributed by atoms with Crippen molar-refractivity contribution in [3.05, 3.63) is 39.7 Å². The topological polar surface area (TPSA) is 47.0 Å². The molecule has 0 saturated heterocycles. The SMILES string of the molecule is C=CCCC[C@@H]1c2c(Cl)nc(Cl)c(C)c2CS1(=O)=O. The number of fused-ring (bicyclic) bond motifs is 1. The van der Waals surface area contributed by atoms with Gasteiger partial charge in [0.05, 0.1) is 11.0 Å². The summed E-state index contributed by atoms with van der Waals surface area (Å²) in [5.74, 6) is 0.00881. The maximum atomic E-state index is 12.3. The minimum atomic E-state index is -3.21. The summed E-state index contributed by atoms with van der Waals surface area (Å²) in [6, 6.07) is 0. The molecule has 0 spiro atoms. The molecule has 1 aromatic heterocycles. The molecule has 1 aliphatic rings. The molecule has 0 aliphatic carbocycles. The van der Waals surface area contributed by atoms with Crippen molar-refractivity contribution in [1.82, 2.24) is 4.98 Å². The van der Waals surface area contributed by atoms with E-state index in [-0.39, 0.29) is 16.1 Å². The van der Waals surface area contributed by atoms with Gasteiger partial charge < -0.3 is 0 Å². The molecule has 1 aromatic rings. The molecule has 6 heteroatoms. The van der Waals surface area contributed by atoms with Crippen LogP contribution in [0.4, 0.5) is 0 Å². The Kier molecular flexibility index (Phi) is 4.23. The van der Waals surface area contributed by atoms with Gasteiger partial charge in [0.15, 0.2) is 9.84 Å². The molecule has 0 amide bonds. The lowest BCUT2D eigenvalue weighted by Crippen LogP contribution is -2.07. The van der Waals surface area contributed by atoms with Gasteiger partial charge in [-0.25, -0.2) is 13.4 Å². The fourth-order valence-electron chi connectivity index (χ4n) is 2.45. The Morgan fingerprint density at radius 2 is 2.11 bits per heavy atom. The van der Waals surface area contributed by atoms with Gasteiger partial charge in [-0.1, -0.05) is 29.3 Å². The zero-order valence-electron chi connectivity index (χ0n) is 10.6. The van der Waals surface area contributed by atoms with E-state index >= 15 is 0 Å². The fourth-order valence-corrected chi connectivity index (χ4v) is 5.20. The molecule has 19 heavy (non-hydrogen) atoms. The molecule has 0 fully saturated rings. The predicted molar refractivity (Wildman–Crippen MR) is 78.4 cm³/mol. The van der Waals surface area contributed by atoms with E-state index in [4.69, 9.17) is 23.2 Å². The van der Waals surface area contributed by atoms with Crippen molar-refractivity contribution >= 4 is 33.0 Å². The number of nitrogens with zero attached hydrogens (tertiary/aromatic N) is 1. The van der Waals surface area contributed by atoms with Crippen LogP contribution in [0.3, 0.4) is 0 Å². The third-order valence-corrected chi connectivity index (χ3v) is 6.17. The zero-order valence-corrected chi connectivity index (χ0v) is 12.9. The molecule has 0 bridgehead atoms. The van der Waals surface area contributed by atoms with Crippen LogP contribution in [0.15, 0.2) is 12.7 Å². The number of allylic oxidation sites excluding steroid dienone is 1. The number of hydrogen-bond donors (Lipinski definition) is 0. The highest BCUT2D eigenvalue weighted by Crippen LogP contribution is 2.45. The average molecular weight is 320 g/mol. The number of hydrogen-bond acceptors (Lipinski definition) is 3.